The lowest BCUT2D eigenvalue weighted by Gasteiger charge is -2.35. The molecule has 2 atom stereocenters. The zero-order valence-electron chi connectivity index (χ0n) is 18.9. The summed E-state index contributed by atoms with van der Waals surface area (Å²) in [6.07, 6.45) is 0.141. The minimum Gasteiger partial charge on any atom is -0.390 e. The maximum Gasteiger partial charge on any atom is 0.194 e. The minimum atomic E-state index is -1.58. The van der Waals surface area contributed by atoms with Crippen LogP contribution in [0.1, 0.15) is 99.7 Å². The quantitative estimate of drug-likeness (QED) is 0.553. The first-order valence-electron chi connectivity index (χ1n) is 10.5. The van der Waals surface area contributed by atoms with Crippen LogP contribution in [0.2, 0.25) is 0 Å². The summed E-state index contributed by atoms with van der Waals surface area (Å²) >= 11 is 0. The fraction of sp³-hybridized carbons (Fsp3) is 0.500. The molecule has 0 heterocycles. The Balaban J connectivity index is 2.30. The van der Waals surface area contributed by atoms with Crippen LogP contribution in [0.5, 0.6) is 0 Å². The van der Waals surface area contributed by atoms with E-state index in [-0.39, 0.29) is 18.1 Å². The third kappa shape index (κ3) is 5.77. The molecule has 158 valence electrons. The highest BCUT2D eigenvalue weighted by Gasteiger charge is 2.39. The van der Waals surface area contributed by atoms with Crippen LogP contribution in [0.15, 0.2) is 48.5 Å². The Morgan fingerprint density at radius 1 is 0.759 bits per heavy atom. The largest absolute Gasteiger partial charge is 0.390 e. The van der Waals surface area contributed by atoms with E-state index in [0.717, 1.165) is 11.1 Å². The highest BCUT2D eigenvalue weighted by Crippen LogP contribution is 2.37. The standard InChI is InChI=1S/C26H36O3/c1-17(2)19-8-12-21(13-9-19)23(25(5,6)28)16-26(7,29)24(27)22-14-10-20(11-15-22)18(3)4/h8-15,17-18,23,28-29H,16H2,1-7H3. The van der Waals surface area contributed by atoms with Crippen molar-refractivity contribution >= 4 is 5.78 Å². The molecule has 2 aromatic rings. The zero-order chi connectivity index (χ0) is 22.0. The predicted molar refractivity (Wildman–Crippen MR) is 120 cm³/mol. The van der Waals surface area contributed by atoms with Gasteiger partial charge in [0, 0.05) is 11.5 Å². The number of carbonyl (C=O) groups is 1. The Morgan fingerprint density at radius 3 is 1.52 bits per heavy atom. The molecule has 2 aromatic carbocycles. The molecule has 0 aliphatic carbocycles. The number of carbonyl (C=O) groups excluding carboxylic acids is 1. The summed E-state index contributed by atoms with van der Waals surface area (Å²) in [5, 5.41) is 21.9. The van der Waals surface area contributed by atoms with Crippen LogP contribution in [0.4, 0.5) is 0 Å². The van der Waals surface area contributed by atoms with Gasteiger partial charge in [0.2, 0.25) is 0 Å². The number of aliphatic hydroxyl groups is 2. The number of ketones is 1. The average molecular weight is 397 g/mol. The van der Waals surface area contributed by atoms with E-state index in [9.17, 15) is 15.0 Å². The van der Waals surface area contributed by atoms with Crippen molar-refractivity contribution in [3.05, 3.63) is 70.8 Å². The normalized spacial score (nSPS) is 15.4. The molecule has 3 heteroatoms. The van der Waals surface area contributed by atoms with Crippen LogP contribution in [0, 0.1) is 0 Å². The van der Waals surface area contributed by atoms with Crippen molar-refractivity contribution in [2.75, 3.05) is 0 Å². The Hall–Kier alpha value is -1.97. The molecule has 2 N–H and O–H groups in total. The van der Waals surface area contributed by atoms with Gasteiger partial charge >= 0.3 is 0 Å². The molecule has 0 spiro atoms. The lowest BCUT2D eigenvalue weighted by Crippen LogP contribution is -2.41. The fourth-order valence-electron chi connectivity index (χ4n) is 3.71. The number of rotatable bonds is 8. The molecule has 0 aliphatic heterocycles. The second-order valence-corrected chi connectivity index (χ2v) is 9.61. The van der Waals surface area contributed by atoms with Crippen LogP contribution >= 0.6 is 0 Å². The summed E-state index contributed by atoms with van der Waals surface area (Å²) < 4.78 is 0. The molecule has 3 nitrogen and oxygen atoms in total. The van der Waals surface area contributed by atoms with Gasteiger partial charge in [-0.3, -0.25) is 4.79 Å². The van der Waals surface area contributed by atoms with Gasteiger partial charge in [-0.1, -0.05) is 76.2 Å². The highest BCUT2D eigenvalue weighted by atomic mass is 16.3. The van der Waals surface area contributed by atoms with Crippen molar-refractivity contribution in [2.45, 2.75) is 83.8 Å². The van der Waals surface area contributed by atoms with Crippen LogP contribution in [0.25, 0.3) is 0 Å². The van der Waals surface area contributed by atoms with E-state index in [1.807, 2.05) is 24.3 Å². The van der Waals surface area contributed by atoms with Gasteiger partial charge in [-0.05, 0) is 55.7 Å². The molecule has 0 saturated carbocycles. The molecule has 0 bridgehead atoms. The van der Waals surface area contributed by atoms with Crippen molar-refractivity contribution < 1.29 is 15.0 Å². The Labute approximate surface area is 175 Å². The van der Waals surface area contributed by atoms with Crippen molar-refractivity contribution in [1.29, 1.82) is 0 Å². The van der Waals surface area contributed by atoms with E-state index in [2.05, 4.69) is 39.8 Å². The second kappa shape index (κ2) is 8.81. The van der Waals surface area contributed by atoms with Crippen molar-refractivity contribution in [2.24, 2.45) is 0 Å². The smallest absolute Gasteiger partial charge is 0.194 e. The maximum absolute atomic E-state index is 13.1. The highest BCUT2D eigenvalue weighted by molar-refractivity contribution is 6.02. The third-order valence-corrected chi connectivity index (χ3v) is 5.79. The predicted octanol–water partition coefficient (Wildman–Crippen LogP) is 5.81. The molecule has 0 amide bonds. The second-order valence-electron chi connectivity index (χ2n) is 9.61. The van der Waals surface area contributed by atoms with Gasteiger partial charge in [0.15, 0.2) is 5.78 Å². The van der Waals surface area contributed by atoms with Gasteiger partial charge in [-0.15, -0.1) is 0 Å². The molecule has 29 heavy (non-hydrogen) atoms. The number of benzene rings is 2. The monoisotopic (exact) mass is 396 g/mol. The fourth-order valence-corrected chi connectivity index (χ4v) is 3.71. The van der Waals surface area contributed by atoms with Crippen LogP contribution in [-0.2, 0) is 0 Å². The van der Waals surface area contributed by atoms with Gasteiger partial charge in [0.1, 0.15) is 5.60 Å². The van der Waals surface area contributed by atoms with Crippen LogP contribution < -0.4 is 0 Å². The van der Waals surface area contributed by atoms with Crippen LogP contribution in [0.3, 0.4) is 0 Å². The van der Waals surface area contributed by atoms with Gasteiger partial charge in [0.05, 0.1) is 5.60 Å². The Bertz CT molecular complexity index is 807. The molecule has 0 aliphatic rings. The third-order valence-electron chi connectivity index (χ3n) is 5.79. The maximum atomic E-state index is 13.1. The lowest BCUT2D eigenvalue weighted by molar-refractivity contribution is -0.00306. The zero-order valence-corrected chi connectivity index (χ0v) is 18.9. The molecule has 0 saturated heterocycles. The molecule has 0 fully saturated rings. The van der Waals surface area contributed by atoms with Gasteiger partial charge in [-0.2, -0.15) is 0 Å². The lowest BCUT2D eigenvalue weighted by atomic mass is 9.75. The van der Waals surface area contributed by atoms with Gasteiger partial charge in [-0.25, -0.2) is 0 Å². The van der Waals surface area contributed by atoms with E-state index >= 15 is 0 Å². The van der Waals surface area contributed by atoms with Crippen molar-refractivity contribution in [1.82, 2.24) is 0 Å². The molecule has 0 radical (unpaired) electrons. The minimum absolute atomic E-state index is 0.141. The van der Waals surface area contributed by atoms with E-state index in [1.54, 1.807) is 32.9 Å². The number of Topliss-reactive ketones (excluding diaryl/α,β-unsaturated/α-hetero) is 1. The van der Waals surface area contributed by atoms with Crippen molar-refractivity contribution in [3.63, 3.8) is 0 Å². The van der Waals surface area contributed by atoms with E-state index in [4.69, 9.17) is 0 Å². The van der Waals surface area contributed by atoms with Gasteiger partial charge in [0.25, 0.3) is 0 Å². The molecular weight excluding hydrogens is 360 g/mol. The topological polar surface area (TPSA) is 57.5 Å². The SMILES string of the molecule is CC(C)c1ccc(C(=O)C(C)(O)CC(c2ccc(C(C)C)cc2)C(C)(C)O)cc1. The molecular formula is C26H36O3. The number of hydrogen-bond donors (Lipinski definition) is 2. The van der Waals surface area contributed by atoms with Gasteiger partial charge < -0.3 is 10.2 Å². The van der Waals surface area contributed by atoms with Crippen LogP contribution in [-0.4, -0.2) is 27.2 Å². The van der Waals surface area contributed by atoms with E-state index in [0.29, 0.717) is 17.4 Å². The van der Waals surface area contributed by atoms with E-state index in [1.165, 1.54) is 5.56 Å². The summed E-state index contributed by atoms with van der Waals surface area (Å²) in [7, 11) is 0. The summed E-state index contributed by atoms with van der Waals surface area (Å²) in [6, 6.07) is 15.5. The first kappa shape index (κ1) is 23.3. The Morgan fingerprint density at radius 2 is 1.14 bits per heavy atom. The molecule has 2 unspecified atom stereocenters. The summed E-state index contributed by atoms with van der Waals surface area (Å²) in [5.74, 6) is 0.106. The van der Waals surface area contributed by atoms with Crippen molar-refractivity contribution in [3.8, 4) is 0 Å². The van der Waals surface area contributed by atoms with E-state index < -0.39 is 11.2 Å². The summed E-state index contributed by atoms with van der Waals surface area (Å²) in [4.78, 5) is 13.1. The summed E-state index contributed by atoms with van der Waals surface area (Å²) in [5.41, 5.74) is 1.12. The first-order valence-corrected chi connectivity index (χ1v) is 10.5. The Kier molecular flexibility index (Phi) is 7.08. The summed E-state index contributed by atoms with van der Waals surface area (Å²) in [6.45, 7) is 13.5. The average Bonchev–Trinajstić information content (AvgIpc) is 2.65. The first-order chi connectivity index (χ1) is 13.3. The molecule has 0 aromatic heterocycles. The number of hydrogen-bond acceptors (Lipinski definition) is 3. The molecule has 2 rings (SSSR count).